The van der Waals surface area contributed by atoms with Crippen LogP contribution in [-0.4, -0.2) is 36.1 Å². The maximum Gasteiger partial charge on any atom is 0.317 e. The van der Waals surface area contributed by atoms with E-state index in [1.807, 2.05) is 4.90 Å². The second-order valence-corrected chi connectivity index (χ2v) is 4.30. The van der Waals surface area contributed by atoms with Crippen molar-refractivity contribution in [3.63, 3.8) is 0 Å². The minimum absolute atomic E-state index is 0.0997. The first kappa shape index (κ1) is 9.77. The quantitative estimate of drug-likeness (QED) is 0.683. The zero-order valence-electron chi connectivity index (χ0n) is 8.54. The molecule has 1 heterocycles. The molecule has 0 aromatic carbocycles. The van der Waals surface area contributed by atoms with Gasteiger partial charge in [-0.2, -0.15) is 0 Å². The van der Waals surface area contributed by atoms with E-state index in [2.05, 4.69) is 5.32 Å². The van der Waals surface area contributed by atoms with Gasteiger partial charge in [-0.15, -0.1) is 0 Å². The van der Waals surface area contributed by atoms with E-state index in [0.717, 1.165) is 32.2 Å². The molecule has 0 aromatic heterocycles. The molecule has 80 valence electrons. The smallest absolute Gasteiger partial charge is 0.317 e. The summed E-state index contributed by atoms with van der Waals surface area (Å²) in [6, 6.07) is 0.813. The number of rotatable bonds is 2. The molecule has 2 amide bonds. The lowest BCUT2D eigenvalue weighted by Gasteiger charge is -2.35. The number of nitrogens with zero attached hydrogens (tertiary/aromatic N) is 1. The highest BCUT2D eigenvalue weighted by molar-refractivity contribution is 5.75. The van der Waals surface area contributed by atoms with Gasteiger partial charge in [0.25, 0.3) is 0 Å². The summed E-state index contributed by atoms with van der Waals surface area (Å²) in [5, 5.41) is 3.02. The highest BCUT2D eigenvalue weighted by Crippen LogP contribution is 2.21. The Kier molecular flexibility index (Phi) is 2.91. The van der Waals surface area contributed by atoms with E-state index in [4.69, 9.17) is 5.73 Å². The van der Waals surface area contributed by atoms with E-state index < -0.39 is 0 Å². The molecule has 2 fully saturated rings. The molecule has 0 radical (unpaired) electrons. The molecule has 0 spiro atoms. The molecule has 1 atom stereocenters. The first-order valence-corrected chi connectivity index (χ1v) is 5.58. The lowest BCUT2D eigenvalue weighted by Crippen LogP contribution is -2.51. The third-order valence-corrected chi connectivity index (χ3v) is 3.07. The van der Waals surface area contributed by atoms with E-state index >= 15 is 0 Å². The molecule has 0 bridgehead atoms. The summed E-state index contributed by atoms with van der Waals surface area (Å²) in [4.78, 5) is 13.7. The number of amides is 2. The molecular formula is C10H19N3O. The zero-order valence-corrected chi connectivity index (χ0v) is 8.54. The van der Waals surface area contributed by atoms with Gasteiger partial charge in [-0.3, -0.25) is 0 Å². The number of carbonyl (C=O) groups is 1. The molecule has 14 heavy (non-hydrogen) atoms. The lowest BCUT2D eigenvalue weighted by atomic mass is 10.0. The van der Waals surface area contributed by atoms with Crippen molar-refractivity contribution in [1.29, 1.82) is 0 Å². The van der Waals surface area contributed by atoms with Crippen molar-refractivity contribution in [2.75, 3.05) is 13.1 Å². The molecule has 0 aromatic rings. The standard InChI is InChI=1S/C10H19N3O/c11-7-9-3-1-2-6-13(9)10(14)12-8-4-5-8/h8-9H,1-7,11H2,(H,12,14). The molecule has 1 aliphatic heterocycles. The van der Waals surface area contributed by atoms with Crippen LogP contribution in [0.15, 0.2) is 0 Å². The van der Waals surface area contributed by atoms with Gasteiger partial charge in [-0.05, 0) is 32.1 Å². The highest BCUT2D eigenvalue weighted by atomic mass is 16.2. The average Bonchev–Trinajstić information content (AvgIpc) is 3.01. The summed E-state index contributed by atoms with van der Waals surface area (Å²) in [5.74, 6) is 0. The summed E-state index contributed by atoms with van der Waals surface area (Å²) in [5.41, 5.74) is 5.66. The average molecular weight is 197 g/mol. The largest absolute Gasteiger partial charge is 0.335 e. The van der Waals surface area contributed by atoms with Gasteiger partial charge in [-0.25, -0.2) is 4.79 Å². The van der Waals surface area contributed by atoms with E-state index in [1.54, 1.807) is 0 Å². The van der Waals surface area contributed by atoms with Crippen LogP contribution in [0.3, 0.4) is 0 Å². The molecule has 1 aliphatic carbocycles. The minimum atomic E-state index is 0.0997. The van der Waals surface area contributed by atoms with Gasteiger partial charge in [0.15, 0.2) is 0 Å². The van der Waals surface area contributed by atoms with Gasteiger partial charge in [-0.1, -0.05) is 0 Å². The Bertz CT molecular complexity index is 215. The molecule has 1 saturated heterocycles. The summed E-state index contributed by atoms with van der Waals surface area (Å²) >= 11 is 0. The third kappa shape index (κ3) is 2.18. The summed E-state index contributed by atoms with van der Waals surface area (Å²) in [6.07, 6.45) is 5.68. The second kappa shape index (κ2) is 4.17. The Morgan fingerprint density at radius 3 is 2.79 bits per heavy atom. The van der Waals surface area contributed by atoms with Gasteiger partial charge in [0.05, 0.1) is 0 Å². The van der Waals surface area contributed by atoms with Crippen molar-refractivity contribution in [2.24, 2.45) is 5.73 Å². The Labute approximate surface area is 84.8 Å². The predicted molar refractivity (Wildman–Crippen MR) is 55.0 cm³/mol. The van der Waals surface area contributed by atoms with Gasteiger partial charge in [0.2, 0.25) is 0 Å². The van der Waals surface area contributed by atoms with Crippen LogP contribution in [0.25, 0.3) is 0 Å². The lowest BCUT2D eigenvalue weighted by molar-refractivity contribution is 0.153. The van der Waals surface area contributed by atoms with Gasteiger partial charge < -0.3 is 16.0 Å². The predicted octanol–water partition coefficient (Wildman–Crippen LogP) is 0.672. The number of carbonyl (C=O) groups excluding carboxylic acids is 1. The number of piperidine rings is 1. The number of nitrogens with two attached hydrogens (primary N) is 1. The van der Waals surface area contributed by atoms with Gasteiger partial charge in [0.1, 0.15) is 0 Å². The van der Waals surface area contributed by atoms with Crippen molar-refractivity contribution in [2.45, 2.75) is 44.2 Å². The van der Waals surface area contributed by atoms with Crippen LogP contribution in [0.5, 0.6) is 0 Å². The Morgan fingerprint density at radius 1 is 1.36 bits per heavy atom. The fourth-order valence-corrected chi connectivity index (χ4v) is 2.00. The van der Waals surface area contributed by atoms with E-state index in [1.165, 1.54) is 6.42 Å². The number of urea groups is 1. The highest BCUT2D eigenvalue weighted by Gasteiger charge is 2.30. The molecular weight excluding hydrogens is 178 g/mol. The monoisotopic (exact) mass is 197 g/mol. The van der Waals surface area contributed by atoms with Crippen LogP contribution in [0.1, 0.15) is 32.1 Å². The summed E-state index contributed by atoms with van der Waals surface area (Å²) in [7, 11) is 0. The molecule has 2 rings (SSSR count). The summed E-state index contributed by atoms with van der Waals surface area (Å²) in [6.45, 7) is 1.47. The van der Waals surface area contributed by atoms with Gasteiger partial charge >= 0.3 is 6.03 Å². The van der Waals surface area contributed by atoms with E-state index in [9.17, 15) is 4.79 Å². The van der Waals surface area contributed by atoms with Gasteiger partial charge in [0, 0.05) is 25.2 Å². The van der Waals surface area contributed by atoms with Crippen LogP contribution in [0.2, 0.25) is 0 Å². The first-order chi connectivity index (χ1) is 6.81. The van der Waals surface area contributed by atoms with E-state index in [0.29, 0.717) is 12.6 Å². The Morgan fingerprint density at radius 2 is 2.14 bits per heavy atom. The maximum atomic E-state index is 11.8. The molecule has 3 N–H and O–H groups in total. The number of hydrogen-bond acceptors (Lipinski definition) is 2. The Balaban J connectivity index is 1.87. The SMILES string of the molecule is NCC1CCCCN1C(=O)NC1CC1. The van der Waals surface area contributed by atoms with E-state index in [-0.39, 0.29) is 12.1 Å². The normalized spacial score (nSPS) is 27.5. The van der Waals surface area contributed by atoms with Crippen molar-refractivity contribution in [1.82, 2.24) is 10.2 Å². The number of nitrogens with one attached hydrogen (secondary N) is 1. The molecule has 2 aliphatic rings. The first-order valence-electron chi connectivity index (χ1n) is 5.58. The molecule has 4 heteroatoms. The zero-order chi connectivity index (χ0) is 9.97. The van der Waals surface area contributed by atoms with Crippen LogP contribution >= 0.6 is 0 Å². The van der Waals surface area contributed by atoms with Crippen LogP contribution < -0.4 is 11.1 Å². The second-order valence-electron chi connectivity index (χ2n) is 4.30. The fraction of sp³-hybridized carbons (Fsp3) is 0.900. The molecule has 1 unspecified atom stereocenters. The minimum Gasteiger partial charge on any atom is -0.335 e. The van der Waals surface area contributed by atoms with Crippen LogP contribution in [0.4, 0.5) is 4.79 Å². The maximum absolute atomic E-state index is 11.8. The third-order valence-electron chi connectivity index (χ3n) is 3.07. The van der Waals surface area contributed by atoms with Crippen molar-refractivity contribution < 1.29 is 4.79 Å². The molecule has 4 nitrogen and oxygen atoms in total. The van der Waals surface area contributed by atoms with Crippen molar-refractivity contribution >= 4 is 6.03 Å². The van der Waals surface area contributed by atoms with Crippen molar-refractivity contribution in [3.8, 4) is 0 Å². The van der Waals surface area contributed by atoms with Crippen LogP contribution in [0, 0.1) is 0 Å². The number of hydrogen-bond donors (Lipinski definition) is 2. The van der Waals surface area contributed by atoms with Crippen LogP contribution in [-0.2, 0) is 0 Å². The fourth-order valence-electron chi connectivity index (χ4n) is 2.00. The van der Waals surface area contributed by atoms with Crippen molar-refractivity contribution in [3.05, 3.63) is 0 Å². The molecule has 1 saturated carbocycles. The Hall–Kier alpha value is -0.770. The number of likely N-dealkylation sites (tertiary alicyclic amines) is 1. The topological polar surface area (TPSA) is 58.4 Å². The summed E-state index contributed by atoms with van der Waals surface area (Å²) < 4.78 is 0.